The molecule has 1 unspecified atom stereocenters. The first-order chi connectivity index (χ1) is 14.8. The van der Waals surface area contributed by atoms with Gasteiger partial charge in [-0.05, 0) is 61.4 Å². The molecule has 1 aliphatic heterocycles. The molecule has 1 atom stereocenters. The smallest absolute Gasteiger partial charge is 0.131 e. The van der Waals surface area contributed by atoms with E-state index in [0.29, 0.717) is 28.3 Å². The average Bonchev–Trinajstić information content (AvgIpc) is 2.73. The molecule has 0 bridgehead atoms. The lowest BCUT2D eigenvalue weighted by Gasteiger charge is -2.27. The maximum atomic E-state index is 14.3. The van der Waals surface area contributed by atoms with Crippen molar-refractivity contribution in [2.24, 2.45) is 10.7 Å². The molecule has 0 saturated carbocycles. The Kier molecular flexibility index (Phi) is 5.57. The Morgan fingerprint density at radius 1 is 1.06 bits per heavy atom. The topological polar surface area (TPSA) is 50.8 Å². The number of nitrogens with two attached hydrogens (primary N) is 1. The van der Waals surface area contributed by atoms with Gasteiger partial charge in [0.05, 0.1) is 24.3 Å². The Labute approximate surface area is 180 Å². The fourth-order valence-corrected chi connectivity index (χ4v) is 3.54. The lowest BCUT2D eigenvalue weighted by molar-refractivity contribution is 0.482. The number of hydrogen-bond acceptors (Lipinski definition) is 4. The second kappa shape index (κ2) is 8.32. The monoisotopic (exact) mass is 419 g/mol. The quantitative estimate of drug-likeness (QED) is 0.543. The zero-order chi connectivity index (χ0) is 22.1. The Morgan fingerprint density at radius 2 is 1.77 bits per heavy atom. The van der Waals surface area contributed by atoms with Crippen LogP contribution in [0.5, 0.6) is 11.5 Å². The first kappa shape index (κ1) is 20.8. The number of aliphatic imine (C=N–C) groups is 1. The summed E-state index contributed by atoms with van der Waals surface area (Å²) in [5, 5.41) is 0. The third kappa shape index (κ3) is 4.34. The number of rotatable bonds is 5. The van der Waals surface area contributed by atoms with Crippen LogP contribution >= 0.6 is 0 Å². The van der Waals surface area contributed by atoms with Crippen LogP contribution in [0.4, 0.5) is 14.5 Å². The van der Waals surface area contributed by atoms with Gasteiger partial charge in [0.2, 0.25) is 0 Å². The van der Waals surface area contributed by atoms with E-state index in [0.717, 1.165) is 22.9 Å². The molecular weight excluding hydrogens is 396 g/mol. The molecule has 0 spiro atoms. The number of benzene rings is 3. The van der Waals surface area contributed by atoms with Crippen molar-refractivity contribution in [1.29, 1.82) is 0 Å². The second-order valence-corrected chi connectivity index (χ2v) is 7.64. The highest BCUT2D eigenvalue weighted by molar-refractivity contribution is 5.94. The van der Waals surface area contributed by atoms with Crippen LogP contribution in [0.1, 0.15) is 35.2 Å². The molecular formula is C25H23F2N3O. The number of halogens is 2. The number of fused-ring (bicyclic) bond motifs is 1. The molecule has 2 N–H and O–H groups in total. The van der Waals surface area contributed by atoms with Crippen molar-refractivity contribution in [3.8, 4) is 11.5 Å². The van der Waals surface area contributed by atoms with Crippen molar-refractivity contribution >= 4 is 17.7 Å². The number of ether oxygens (including phenoxy) is 1. The van der Waals surface area contributed by atoms with Crippen molar-refractivity contribution in [1.82, 2.24) is 0 Å². The van der Waals surface area contributed by atoms with Gasteiger partial charge < -0.3 is 15.4 Å². The van der Waals surface area contributed by atoms with Crippen molar-refractivity contribution in [3.05, 3.63) is 95.1 Å². The molecule has 0 radical (unpaired) electrons. The molecule has 0 aromatic heterocycles. The zero-order valence-corrected chi connectivity index (χ0v) is 17.4. The Balaban J connectivity index is 1.60. The van der Waals surface area contributed by atoms with E-state index in [2.05, 4.69) is 11.6 Å². The van der Waals surface area contributed by atoms with Crippen LogP contribution in [0, 0.1) is 18.6 Å². The number of nitrogens with zero attached hydrogens (tertiary/aromatic N) is 2. The van der Waals surface area contributed by atoms with E-state index in [1.165, 1.54) is 6.07 Å². The fourth-order valence-electron chi connectivity index (χ4n) is 3.54. The van der Waals surface area contributed by atoms with Crippen LogP contribution in [0.15, 0.2) is 66.2 Å². The maximum absolute atomic E-state index is 14.3. The van der Waals surface area contributed by atoms with E-state index in [1.54, 1.807) is 13.3 Å². The largest absolute Gasteiger partial charge is 0.457 e. The van der Waals surface area contributed by atoms with E-state index in [-0.39, 0.29) is 12.6 Å². The average molecular weight is 419 g/mol. The van der Waals surface area contributed by atoms with E-state index in [1.807, 2.05) is 54.3 Å². The summed E-state index contributed by atoms with van der Waals surface area (Å²) in [5.41, 5.74) is 10.1. The van der Waals surface area contributed by atoms with E-state index in [4.69, 9.17) is 10.5 Å². The molecule has 0 fully saturated rings. The minimum absolute atomic E-state index is 0.0421. The van der Waals surface area contributed by atoms with Crippen LogP contribution in [0.2, 0.25) is 0 Å². The zero-order valence-electron chi connectivity index (χ0n) is 17.4. The van der Waals surface area contributed by atoms with Gasteiger partial charge >= 0.3 is 0 Å². The molecule has 31 heavy (non-hydrogen) atoms. The normalized spacial score (nSPS) is 13.8. The molecule has 0 amide bonds. The molecule has 0 aliphatic carbocycles. The molecule has 1 aliphatic rings. The molecule has 3 aromatic rings. The van der Waals surface area contributed by atoms with Crippen molar-refractivity contribution < 1.29 is 13.5 Å². The molecule has 6 heteroatoms. The summed E-state index contributed by atoms with van der Waals surface area (Å²) in [7, 11) is 0. The van der Waals surface area contributed by atoms with Gasteiger partial charge in [-0.2, -0.15) is 0 Å². The molecule has 158 valence electrons. The third-order valence-electron chi connectivity index (χ3n) is 5.29. The summed E-state index contributed by atoms with van der Waals surface area (Å²) < 4.78 is 33.8. The van der Waals surface area contributed by atoms with E-state index >= 15 is 0 Å². The standard InChI is InChI=1S/C25H23F2N3O/c1-15-10-19(26)11-24(27)23(15)13-30-14-29-17(3)22-12-21(8-9-25(22)30)31-20-6-4-18(5-7-20)16(2)28/h4-12,14,16H,3,13,28H2,1-2H3. The molecule has 0 saturated heterocycles. The molecule has 4 nitrogen and oxygen atoms in total. The minimum atomic E-state index is -0.587. The predicted octanol–water partition coefficient (Wildman–Crippen LogP) is 6.10. The van der Waals surface area contributed by atoms with Crippen molar-refractivity contribution in [2.45, 2.75) is 26.4 Å². The van der Waals surface area contributed by atoms with Gasteiger partial charge in [0.15, 0.2) is 0 Å². The third-order valence-corrected chi connectivity index (χ3v) is 5.29. The lowest BCUT2D eigenvalue weighted by Crippen LogP contribution is -2.25. The Bertz CT molecular complexity index is 1150. The highest BCUT2D eigenvalue weighted by atomic mass is 19.1. The molecule has 3 aromatic carbocycles. The van der Waals surface area contributed by atoms with Gasteiger partial charge in [-0.1, -0.05) is 18.7 Å². The van der Waals surface area contributed by atoms with Crippen LogP contribution in [0.3, 0.4) is 0 Å². The van der Waals surface area contributed by atoms with Gasteiger partial charge in [0.25, 0.3) is 0 Å². The van der Waals surface area contributed by atoms with Gasteiger partial charge in [0, 0.05) is 23.2 Å². The van der Waals surface area contributed by atoms with Gasteiger partial charge in [-0.3, -0.25) is 0 Å². The fraction of sp³-hybridized carbons (Fsp3) is 0.160. The van der Waals surface area contributed by atoms with E-state index < -0.39 is 11.6 Å². The van der Waals surface area contributed by atoms with Crippen LogP contribution in [0.25, 0.3) is 5.70 Å². The first-order valence-electron chi connectivity index (χ1n) is 9.94. The maximum Gasteiger partial charge on any atom is 0.131 e. The SMILES string of the molecule is C=C1N=CN(Cc2c(C)cc(F)cc2F)c2ccc(Oc3ccc(C(C)N)cc3)cc21. The van der Waals surface area contributed by atoms with Crippen LogP contribution < -0.4 is 15.4 Å². The molecule has 4 rings (SSSR count). The summed E-state index contributed by atoms with van der Waals surface area (Å²) >= 11 is 0. The predicted molar refractivity (Wildman–Crippen MR) is 120 cm³/mol. The summed E-state index contributed by atoms with van der Waals surface area (Å²) in [4.78, 5) is 6.16. The number of aryl methyl sites for hydroxylation is 1. The number of hydrogen-bond donors (Lipinski definition) is 1. The molecule has 1 heterocycles. The lowest BCUT2D eigenvalue weighted by atomic mass is 10.0. The van der Waals surface area contributed by atoms with Crippen LogP contribution in [-0.4, -0.2) is 6.34 Å². The minimum Gasteiger partial charge on any atom is -0.457 e. The van der Waals surface area contributed by atoms with Gasteiger partial charge in [-0.15, -0.1) is 0 Å². The summed E-state index contributed by atoms with van der Waals surface area (Å²) in [6.45, 7) is 7.85. The first-order valence-corrected chi connectivity index (χ1v) is 9.94. The summed E-state index contributed by atoms with van der Waals surface area (Å²) in [5.74, 6) is 0.160. The van der Waals surface area contributed by atoms with Gasteiger partial charge in [-0.25, -0.2) is 13.8 Å². The number of anilines is 1. The van der Waals surface area contributed by atoms with Crippen molar-refractivity contribution in [3.63, 3.8) is 0 Å². The Hall–Kier alpha value is -3.51. The highest BCUT2D eigenvalue weighted by Crippen LogP contribution is 2.36. The van der Waals surface area contributed by atoms with E-state index in [9.17, 15) is 8.78 Å². The van der Waals surface area contributed by atoms with Crippen LogP contribution in [-0.2, 0) is 6.54 Å². The highest BCUT2D eigenvalue weighted by Gasteiger charge is 2.20. The summed E-state index contributed by atoms with van der Waals surface area (Å²) in [6.07, 6.45) is 1.61. The van der Waals surface area contributed by atoms with Gasteiger partial charge in [0.1, 0.15) is 23.1 Å². The second-order valence-electron chi connectivity index (χ2n) is 7.64. The summed E-state index contributed by atoms with van der Waals surface area (Å²) in [6, 6.07) is 15.4. The van der Waals surface area contributed by atoms with Crippen molar-refractivity contribution in [2.75, 3.05) is 4.90 Å². The Morgan fingerprint density at radius 3 is 2.45 bits per heavy atom.